The molecule has 1 saturated heterocycles. The largest absolute Gasteiger partial charge is 0.399 e. The second-order valence-corrected chi connectivity index (χ2v) is 6.58. The number of hydrogen-bond donors (Lipinski definition) is 2. The van der Waals surface area contributed by atoms with E-state index in [4.69, 9.17) is 5.73 Å². The Balaban J connectivity index is 0.00000162. The lowest BCUT2D eigenvalue weighted by molar-refractivity contribution is 0.401. The van der Waals surface area contributed by atoms with Crippen molar-refractivity contribution in [1.29, 1.82) is 0 Å². The number of halogens is 2. The Bertz CT molecular complexity index is 471. The van der Waals surface area contributed by atoms with Gasteiger partial charge in [0.25, 0.3) is 0 Å². The summed E-state index contributed by atoms with van der Waals surface area (Å²) in [7, 11) is -3.16. The van der Waals surface area contributed by atoms with Crippen LogP contribution in [0.15, 0.2) is 29.2 Å². The van der Waals surface area contributed by atoms with Crippen LogP contribution in [-0.4, -0.2) is 27.3 Å². The first-order valence-electron chi connectivity index (χ1n) is 5.87. The molecular weight excluding hydrogens is 307 g/mol. The molecule has 0 atom stereocenters. The van der Waals surface area contributed by atoms with E-state index in [-0.39, 0.29) is 36.5 Å². The third-order valence-corrected chi connectivity index (χ3v) is 5.05. The number of rotatable bonds is 3. The van der Waals surface area contributed by atoms with Gasteiger partial charge in [-0.25, -0.2) is 8.42 Å². The zero-order valence-corrected chi connectivity index (χ0v) is 13.0. The number of nitrogen functional groups attached to an aromatic ring is 1. The van der Waals surface area contributed by atoms with E-state index in [0.29, 0.717) is 10.6 Å². The molecule has 0 saturated carbocycles. The van der Waals surface area contributed by atoms with Gasteiger partial charge in [0.2, 0.25) is 0 Å². The van der Waals surface area contributed by atoms with Crippen LogP contribution in [0.5, 0.6) is 0 Å². The molecular formula is C12H20Cl2N2O2S. The Labute approximate surface area is 126 Å². The van der Waals surface area contributed by atoms with Crippen LogP contribution >= 0.6 is 24.8 Å². The third kappa shape index (κ3) is 5.18. The Morgan fingerprint density at radius 1 is 1.11 bits per heavy atom. The van der Waals surface area contributed by atoms with Crippen molar-refractivity contribution in [3.63, 3.8) is 0 Å². The average Bonchev–Trinajstić information content (AvgIpc) is 2.30. The molecule has 1 aromatic carbocycles. The Morgan fingerprint density at radius 2 is 1.63 bits per heavy atom. The summed E-state index contributed by atoms with van der Waals surface area (Å²) < 4.78 is 24.3. The Hall–Kier alpha value is -0.490. The number of nitrogens with two attached hydrogens (primary N) is 1. The molecule has 1 fully saturated rings. The van der Waals surface area contributed by atoms with Crippen molar-refractivity contribution in [2.45, 2.75) is 17.7 Å². The SMILES string of the molecule is Cl.Cl.Nc1ccc(S(=O)(=O)CC2CCNCC2)cc1. The number of hydrogen-bond acceptors (Lipinski definition) is 4. The van der Waals surface area contributed by atoms with Crippen LogP contribution in [-0.2, 0) is 9.84 Å². The molecule has 0 amide bonds. The van der Waals surface area contributed by atoms with Gasteiger partial charge in [0.1, 0.15) is 0 Å². The molecule has 1 aliphatic rings. The van der Waals surface area contributed by atoms with Crippen LogP contribution in [0.3, 0.4) is 0 Å². The molecule has 1 aromatic rings. The van der Waals surface area contributed by atoms with Gasteiger partial charge < -0.3 is 11.1 Å². The van der Waals surface area contributed by atoms with Crippen molar-refractivity contribution in [2.24, 2.45) is 5.92 Å². The molecule has 19 heavy (non-hydrogen) atoms. The molecule has 0 bridgehead atoms. The molecule has 1 aliphatic heterocycles. The standard InChI is InChI=1S/C12H18N2O2S.2ClH/c13-11-1-3-12(4-2-11)17(15,16)9-10-5-7-14-8-6-10;;/h1-4,10,14H,5-9,13H2;2*1H. The molecule has 1 heterocycles. The summed E-state index contributed by atoms with van der Waals surface area (Å²) in [5.41, 5.74) is 6.14. The number of benzene rings is 1. The fourth-order valence-corrected chi connectivity index (χ4v) is 3.83. The highest BCUT2D eigenvalue weighted by Gasteiger charge is 2.22. The van der Waals surface area contributed by atoms with Crippen molar-refractivity contribution in [1.82, 2.24) is 5.32 Å². The van der Waals surface area contributed by atoms with E-state index < -0.39 is 9.84 Å². The van der Waals surface area contributed by atoms with Crippen LogP contribution in [0, 0.1) is 5.92 Å². The van der Waals surface area contributed by atoms with E-state index in [0.717, 1.165) is 25.9 Å². The van der Waals surface area contributed by atoms with Crippen LogP contribution in [0.2, 0.25) is 0 Å². The van der Waals surface area contributed by atoms with Crippen molar-refractivity contribution in [3.8, 4) is 0 Å². The van der Waals surface area contributed by atoms with Gasteiger partial charge in [0.05, 0.1) is 10.6 Å². The fourth-order valence-electron chi connectivity index (χ4n) is 2.13. The molecule has 0 spiro atoms. The van der Waals surface area contributed by atoms with Gasteiger partial charge in [-0.3, -0.25) is 0 Å². The minimum atomic E-state index is -3.16. The number of anilines is 1. The van der Waals surface area contributed by atoms with E-state index in [1.54, 1.807) is 24.3 Å². The smallest absolute Gasteiger partial charge is 0.178 e. The maximum absolute atomic E-state index is 12.2. The van der Waals surface area contributed by atoms with Gasteiger partial charge in [0, 0.05) is 5.69 Å². The molecule has 7 heteroatoms. The van der Waals surface area contributed by atoms with Crippen LogP contribution in [0.4, 0.5) is 5.69 Å². The van der Waals surface area contributed by atoms with E-state index in [2.05, 4.69) is 5.32 Å². The molecule has 4 nitrogen and oxygen atoms in total. The Kier molecular flexibility index (Phi) is 7.74. The van der Waals surface area contributed by atoms with Gasteiger partial charge in [-0.15, -0.1) is 24.8 Å². The van der Waals surface area contributed by atoms with Crippen molar-refractivity contribution < 1.29 is 8.42 Å². The summed E-state index contributed by atoms with van der Waals surface area (Å²) in [5.74, 6) is 0.525. The normalized spacial score (nSPS) is 16.2. The van der Waals surface area contributed by atoms with E-state index in [9.17, 15) is 8.42 Å². The maximum Gasteiger partial charge on any atom is 0.178 e. The quantitative estimate of drug-likeness (QED) is 0.832. The van der Waals surface area contributed by atoms with Gasteiger partial charge >= 0.3 is 0 Å². The number of piperidine rings is 1. The predicted molar refractivity (Wildman–Crippen MR) is 83.0 cm³/mol. The number of sulfone groups is 1. The summed E-state index contributed by atoms with van der Waals surface area (Å²) in [6.07, 6.45) is 1.88. The summed E-state index contributed by atoms with van der Waals surface area (Å²) in [6.45, 7) is 1.84. The van der Waals surface area contributed by atoms with Crippen molar-refractivity contribution in [2.75, 3.05) is 24.6 Å². The third-order valence-electron chi connectivity index (χ3n) is 3.15. The molecule has 0 aliphatic carbocycles. The zero-order valence-electron chi connectivity index (χ0n) is 10.5. The van der Waals surface area contributed by atoms with Crippen molar-refractivity contribution in [3.05, 3.63) is 24.3 Å². The van der Waals surface area contributed by atoms with Gasteiger partial charge in [-0.1, -0.05) is 0 Å². The monoisotopic (exact) mass is 326 g/mol. The Morgan fingerprint density at radius 3 is 2.16 bits per heavy atom. The summed E-state index contributed by atoms with van der Waals surface area (Å²) in [6, 6.07) is 6.45. The van der Waals surface area contributed by atoms with Gasteiger partial charge in [-0.2, -0.15) is 0 Å². The minimum absolute atomic E-state index is 0. The zero-order chi connectivity index (χ0) is 12.3. The topological polar surface area (TPSA) is 72.2 Å². The maximum atomic E-state index is 12.2. The van der Waals surface area contributed by atoms with Gasteiger partial charge in [0.15, 0.2) is 9.84 Å². The molecule has 0 aromatic heterocycles. The fraction of sp³-hybridized carbons (Fsp3) is 0.500. The summed E-state index contributed by atoms with van der Waals surface area (Å²) >= 11 is 0. The predicted octanol–water partition coefficient (Wildman–Crippen LogP) is 1.89. The van der Waals surface area contributed by atoms with Crippen molar-refractivity contribution >= 4 is 40.3 Å². The number of nitrogens with one attached hydrogen (secondary N) is 1. The molecule has 3 N–H and O–H groups in total. The molecule has 110 valence electrons. The van der Waals surface area contributed by atoms with Gasteiger partial charge in [-0.05, 0) is 56.1 Å². The lowest BCUT2D eigenvalue weighted by Gasteiger charge is -2.22. The second-order valence-electron chi connectivity index (χ2n) is 4.54. The minimum Gasteiger partial charge on any atom is -0.399 e. The second kappa shape index (κ2) is 7.94. The highest BCUT2D eigenvalue weighted by molar-refractivity contribution is 7.91. The molecule has 2 rings (SSSR count). The highest BCUT2D eigenvalue weighted by atomic mass is 35.5. The molecule has 0 radical (unpaired) electrons. The van der Waals surface area contributed by atoms with E-state index >= 15 is 0 Å². The first kappa shape index (κ1) is 18.5. The average molecular weight is 327 g/mol. The lowest BCUT2D eigenvalue weighted by atomic mass is 10.0. The van der Waals surface area contributed by atoms with Crippen LogP contribution in [0.25, 0.3) is 0 Å². The van der Waals surface area contributed by atoms with E-state index in [1.807, 2.05) is 0 Å². The first-order valence-corrected chi connectivity index (χ1v) is 7.52. The van der Waals surface area contributed by atoms with Crippen LogP contribution in [0.1, 0.15) is 12.8 Å². The van der Waals surface area contributed by atoms with E-state index in [1.165, 1.54) is 0 Å². The summed E-state index contributed by atoms with van der Waals surface area (Å²) in [4.78, 5) is 0.380. The van der Waals surface area contributed by atoms with Crippen LogP contribution < -0.4 is 11.1 Å². The first-order chi connectivity index (χ1) is 8.08. The summed E-state index contributed by atoms with van der Waals surface area (Å²) in [5, 5.41) is 3.24. The highest BCUT2D eigenvalue weighted by Crippen LogP contribution is 2.20. The molecule has 0 unspecified atom stereocenters. The lowest BCUT2D eigenvalue weighted by Crippen LogP contribution is -2.31.